The molecule has 0 saturated heterocycles. The van der Waals surface area contributed by atoms with E-state index in [1.165, 1.54) is 0 Å². The van der Waals surface area contributed by atoms with Crippen LogP contribution in [0, 0.1) is 0 Å². The van der Waals surface area contributed by atoms with Crippen molar-refractivity contribution >= 4 is 5.97 Å². The van der Waals surface area contributed by atoms with E-state index in [0.717, 1.165) is 0 Å². The van der Waals surface area contributed by atoms with Gasteiger partial charge in [-0.1, -0.05) is 24.3 Å². The molecule has 1 unspecified atom stereocenters. The molecular weight excluding hydrogens is 242 g/mol. The molecule has 4 nitrogen and oxygen atoms in total. The number of aliphatic carboxylic acids is 1. The summed E-state index contributed by atoms with van der Waals surface area (Å²) in [5.41, 5.74) is 0.676. The standard InChI is InChI=1S/C15H19NO3/c1-4-9-16(10-5-2)14(15(17)18)12-7-6-8-13(11-12)19-3/h4-8,11,14H,1-2,9-10H2,3H3,(H,17,18). The number of methoxy groups -OCH3 is 1. The highest BCUT2D eigenvalue weighted by Gasteiger charge is 2.26. The summed E-state index contributed by atoms with van der Waals surface area (Å²) in [6.07, 6.45) is 3.36. The lowest BCUT2D eigenvalue weighted by molar-refractivity contribution is -0.143. The molecule has 0 fully saturated rings. The van der Waals surface area contributed by atoms with Crippen molar-refractivity contribution in [1.29, 1.82) is 0 Å². The molecule has 1 N–H and O–H groups in total. The van der Waals surface area contributed by atoms with Gasteiger partial charge in [-0.3, -0.25) is 9.69 Å². The second kappa shape index (κ2) is 7.38. The predicted molar refractivity (Wildman–Crippen MR) is 75.3 cm³/mol. The fourth-order valence-corrected chi connectivity index (χ4v) is 1.94. The Bertz CT molecular complexity index is 446. The van der Waals surface area contributed by atoms with Crippen molar-refractivity contribution in [1.82, 2.24) is 4.90 Å². The predicted octanol–water partition coefficient (Wildman–Crippen LogP) is 2.49. The van der Waals surface area contributed by atoms with E-state index in [4.69, 9.17) is 4.74 Å². The molecule has 102 valence electrons. The average Bonchev–Trinajstić information content (AvgIpc) is 2.39. The Hall–Kier alpha value is -2.07. The van der Waals surface area contributed by atoms with Crippen LogP contribution in [0.3, 0.4) is 0 Å². The molecule has 0 aliphatic carbocycles. The van der Waals surface area contributed by atoms with E-state index in [1.54, 1.807) is 48.4 Å². The first-order chi connectivity index (χ1) is 9.13. The van der Waals surface area contributed by atoms with Gasteiger partial charge in [0.1, 0.15) is 11.8 Å². The van der Waals surface area contributed by atoms with Crippen molar-refractivity contribution in [3.63, 3.8) is 0 Å². The molecule has 0 aliphatic heterocycles. The van der Waals surface area contributed by atoms with Gasteiger partial charge >= 0.3 is 5.97 Å². The summed E-state index contributed by atoms with van der Waals surface area (Å²) >= 11 is 0. The molecule has 0 heterocycles. The molecular formula is C15H19NO3. The first-order valence-corrected chi connectivity index (χ1v) is 5.96. The Kier molecular flexibility index (Phi) is 5.82. The van der Waals surface area contributed by atoms with E-state index in [-0.39, 0.29) is 0 Å². The molecule has 19 heavy (non-hydrogen) atoms. The minimum absolute atomic E-state index is 0.472. The monoisotopic (exact) mass is 261 g/mol. The summed E-state index contributed by atoms with van der Waals surface area (Å²) in [6.45, 7) is 8.26. The third kappa shape index (κ3) is 3.96. The molecule has 0 radical (unpaired) electrons. The number of rotatable bonds is 8. The fourth-order valence-electron chi connectivity index (χ4n) is 1.94. The van der Waals surface area contributed by atoms with Gasteiger partial charge in [0.05, 0.1) is 7.11 Å². The first kappa shape index (κ1) is 15.0. The molecule has 0 amide bonds. The summed E-state index contributed by atoms with van der Waals surface area (Å²) in [7, 11) is 1.56. The van der Waals surface area contributed by atoms with E-state index in [2.05, 4.69) is 13.2 Å². The number of hydrogen-bond acceptors (Lipinski definition) is 3. The van der Waals surface area contributed by atoms with Gasteiger partial charge in [-0.25, -0.2) is 0 Å². The highest BCUT2D eigenvalue weighted by Crippen LogP contribution is 2.24. The van der Waals surface area contributed by atoms with Crippen LogP contribution in [0.15, 0.2) is 49.6 Å². The van der Waals surface area contributed by atoms with Gasteiger partial charge in [-0.2, -0.15) is 0 Å². The maximum absolute atomic E-state index is 11.5. The lowest BCUT2D eigenvalue weighted by atomic mass is 10.0. The van der Waals surface area contributed by atoms with Crippen molar-refractivity contribution < 1.29 is 14.6 Å². The molecule has 0 aliphatic rings. The number of carboxylic acids is 1. The first-order valence-electron chi connectivity index (χ1n) is 5.96. The maximum Gasteiger partial charge on any atom is 0.325 e. The van der Waals surface area contributed by atoms with Crippen LogP contribution in [0.5, 0.6) is 5.75 Å². The molecule has 0 bridgehead atoms. The summed E-state index contributed by atoms with van der Waals surface area (Å²) in [6, 6.07) is 6.34. The zero-order valence-corrected chi connectivity index (χ0v) is 11.1. The van der Waals surface area contributed by atoms with Crippen LogP contribution < -0.4 is 4.74 Å². The molecule has 4 heteroatoms. The Labute approximate surface area is 113 Å². The normalized spacial score (nSPS) is 11.9. The van der Waals surface area contributed by atoms with Crippen molar-refractivity contribution in [2.24, 2.45) is 0 Å². The second-order valence-corrected chi connectivity index (χ2v) is 4.05. The number of benzene rings is 1. The van der Waals surface area contributed by atoms with E-state index in [9.17, 15) is 9.90 Å². The molecule has 0 spiro atoms. The molecule has 0 saturated carbocycles. The largest absolute Gasteiger partial charge is 0.497 e. The Morgan fingerprint density at radius 3 is 2.53 bits per heavy atom. The lowest BCUT2D eigenvalue weighted by Crippen LogP contribution is -2.34. The van der Waals surface area contributed by atoms with Gasteiger partial charge in [0, 0.05) is 13.1 Å². The Morgan fingerprint density at radius 2 is 2.05 bits per heavy atom. The van der Waals surface area contributed by atoms with Crippen molar-refractivity contribution in [3.05, 3.63) is 55.1 Å². The van der Waals surface area contributed by atoms with E-state index >= 15 is 0 Å². The van der Waals surface area contributed by atoms with Crippen LogP contribution in [0.1, 0.15) is 11.6 Å². The number of carboxylic acid groups (broad SMARTS) is 1. The number of nitrogens with zero attached hydrogens (tertiary/aromatic N) is 1. The zero-order valence-electron chi connectivity index (χ0n) is 11.1. The van der Waals surface area contributed by atoms with Gasteiger partial charge < -0.3 is 9.84 Å². The van der Waals surface area contributed by atoms with E-state index in [0.29, 0.717) is 24.4 Å². The quantitative estimate of drug-likeness (QED) is 0.730. The van der Waals surface area contributed by atoms with Gasteiger partial charge in [0.25, 0.3) is 0 Å². The van der Waals surface area contributed by atoms with E-state index in [1.807, 2.05) is 0 Å². The minimum Gasteiger partial charge on any atom is -0.497 e. The summed E-state index contributed by atoms with van der Waals surface area (Å²) in [5.74, 6) is -0.266. The highest BCUT2D eigenvalue weighted by atomic mass is 16.5. The molecule has 0 aromatic heterocycles. The number of hydrogen-bond donors (Lipinski definition) is 1. The Morgan fingerprint density at radius 1 is 1.42 bits per heavy atom. The average molecular weight is 261 g/mol. The number of ether oxygens (including phenoxy) is 1. The lowest BCUT2D eigenvalue weighted by Gasteiger charge is -2.27. The molecule has 1 aromatic rings. The molecule has 1 rings (SSSR count). The smallest absolute Gasteiger partial charge is 0.325 e. The van der Waals surface area contributed by atoms with Crippen LogP contribution in [0.2, 0.25) is 0 Å². The third-order valence-corrected chi connectivity index (χ3v) is 2.74. The third-order valence-electron chi connectivity index (χ3n) is 2.74. The maximum atomic E-state index is 11.5. The van der Waals surface area contributed by atoms with Gasteiger partial charge in [-0.15, -0.1) is 13.2 Å². The van der Waals surface area contributed by atoms with E-state index < -0.39 is 12.0 Å². The van der Waals surface area contributed by atoms with Crippen LogP contribution in [-0.2, 0) is 4.79 Å². The topological polar surface area (TPSA) is 49.8 Å². The minimum atomic E-state index is -0.906. The van der Waals surface area contributed by atoms with Gasteiger partial charge in [-0.05, 0) is 17.7 Å². The number of carbonyl (C=O) groups is 1. The van der Waals surface area contributed by atoms with Crippen molar-refractivity contribution in [3.8, 4) is 5.75 Å². The summed E-state index contributed by atoms with van der Waals surface area (Å²) in [4.78, 5) is 13.3. The van der Waals surface area contributed by atoms with Crippen LogP contribution >= 0.6 is 0 Å². The molecule has 1 aromatic carbocycles. The fraction of sp³-hybridized carbons (Fsp3) is 0.267. The van der Waals surface area contributed by atoms with Crippen LogP contribution in [-0.4, -0.2) is 36.2 Å². The summed E-state index contributed by atoms with van der Waals surface area (Å²) < 4.78 is 5.13. The van der Waals surface area contributed by atoms with Gasteiger partial charge in [0.2, 0.25) is 0 Å². The van der Waals surface area contributed by atoms with Crippen molar-refractivity contribution in [2.75, 3.05) is 20.2 Å². The zero-order chi connectivity index (χ0) is 14.3. The highest BCUT2D eigenvalue weighted by molar-refractivity contribution is 5.75. The van der Waals surface area contributed by atoms with Gasteiger partial charge in [0.15, 0.2) is 0 Å². The van der Waals surface area contributed by atoms with Crippen LogP contribution in [0.4, 0.5) is 0 Å². The van der Waals surface area contributed by atoms with Crippen molar-refractivity contribution in [2.45, 2.75) is 6.04 Å². The summed E-state index contributed by atoms with van der Waals surface area (Å²) in [5, 5.41) is 9.46. The van der Waals surface area contributed by atoms with Crippen LogP contribution in [0.25, 0.3) is 0 Å². The Balaban J connectivity index is 3.12. The second-order valence-electron chi connectivity index (χ2n) is 4.05. The molecule has 1 atom stereocenters. The SMILES string of the molecule is C=CCN(CC=C)C(C(=O)O)c1cccc(OC)c1.